The summed E-state index contributed by atoms with van der Waals surface area (Å²) < 4.78 is 49.9. The molecular weight excluding hydrogens is 907 g/mol. The highest BCUT2D eigenvalue weighted by molar-refractivity contribution is 5.81. The van der Waals surface area contributed by atoms with Gasteiger partial charge in [0, 0.05) is 57.3 Å². The Labute approximate surface area is 413 Å². The van der Waals surface area contributed by atoms with Crippen molar-refractivity contribution in [3.05, 3.63) is 48.2 Å². The van der Waals surface area contributed by atoms with Crippen LogP contribution in [0.5, 0.6) is 0 Å². The van der Waals surface area contributed by atoms with Gasteiger partial charge >= 0.3 is 17.9 Å². The van der Waals surface area contributed by atoms with Crippen LogP contribution in [-0.4, -0.2) is 181 Å². The van der Waals surface area contributed by atoms with Crippen molar-refractivity contribution in [2.24, 2.45) is 11.8 Å². The summed E-state index contributed by atoms with van der Waals surface area (Å²) in [5.41, 5.74) is 0.338. The number of carbonyl (C=O) groups excluding carboxylic acids is 4. The number of aliphatic hydroxyl groups excluding tert-OH is 2. The molecule has 3 N–H and O–H groups in total. The number of carbonyl (C=O) groups is 4. The number of pyridine rings is 1. The van der Waals surface area contributed by atoms with Crippen LogP contribution < -0.4 is 0 Å². The maximum Gasteiger partial charge on any atom is 0.309 e. The monoisotopic (exact) mass is 986 g/mol. The fourth-order valence-corrected chi connectivity index (χ4v) is 9.99. The van der Waals surface area contributed by atoms with Crippen molar-refractivity contribution >= 4 is 41.2 Å². The lowest BCUT2D eigenvalue weighted by atomic mass is 9.82. The van der Waals surface area contributed by atoms with Crippen molar-refractivity contribution in [3.8, 4) is 0 Å². The summed E-state index contributed by atoms with van der Waals surface area (Å²) in [6, 6.07) is 9.04. The Balaban J connectivity index is 1.44. The Morgan fingerprint density at radius 1 is 0.986 bits per heavy atom. The summed E-state index contributed by atoms with van der Waals surface area (Å²) in [6.07, 6.45) is -4.28. The average molecular weight is 986 g/mol. The number of nitrogens with zero attached hydrogens (tertiary/aromatic N) is 3. The SMILES string of the molecule is CCC(=O)O[C@@H]1CC(=O)O[C@@H](C/C=C/c2ccc3ncccc3c2)CCCN(C)C[C@H](O)[C@H](C)C[C@H](CC=O)[C@H](O[C@@H]2OC(C)[C@@H](O[C@H]3CC(C)(O)[C@@H](OC(=O)CC)C(C)O3)C(N(C)C)C2O)[C@H]1OC. The first kappa shape index (κ1) is 57.0. The molecule has 3 aliphatic rings. The number of methoxy groups -OCH3 is 1. The fraction of sp³-hybridized carbons (Fsp3) is 0.712. The number of β-amino-alcohol motifs (C(OH)–C–C–N with tert-alkyl or cyclic N) is 1. The van der Waals surface area contributed by atoms with E-state index in [1.165, 1.54) is 7.11 Å². The van der Waals surface area contributed by atoms with Crippen LogP contribution in [0.1, 0.15) is 105 Å². The van der Waals surface area contributed by atoms with Gasteiger partial charge in [-0.15, -0.1) is 0 Å². The van der Waals surface area contributed by atoms with Crippen molar-refractivity contribution in [1.82, 2.24) is 14.8 Å². The number of rotatable bonds is 15. The van der Waals surface area contributed by atoms with Gasteiger partial charge in [0.15, 0.2) is 18.7 Å². The first-order valence-corrected chi connectivity index (χ1v) is 24.9. The van der Waals surface area contributed by atoms with Gasteiger partial charge in [-0.3, -0.25) is 19.4 Å². The molecule has 3 saturated heterocycles. The molecule has 2 aromatic rings. The molecule has 1 aromatic carbocycles. The maximum absolute atomic E-state index is 14.2. The number of benzene rings is 1. The zero-order chi connectivity index (χ0) is 51.3. The zero-order valence-corrected chi connectivity index (χ0v) is 42.7. The first-order valence-electron chi connectivity index (χ1n) is 24.9. The van der Waals surface area contributed by atoms with E-state index in [-0.39, 0.29) is 38.0 Å². The highest BCUT2D eigenvalue weighted by Crippen LogP contribution is 2.38. The van der Waals surface area contributed by atoms with Gasteiger partial charge in [-0.1, -0.05) is 45.1 Å². The molecule has 3 aliphatic heterocycles. The van der Waals surface area contributed by atoms with E-state index in [0.717, 1.165) is 22.8 Å². The highest BCUT2D eigenvalue weighted by atomic mass is 16.7. The van der Waals surface area contributed by atoms with Crippen molar-refractivity contribution in [1.29, 1.82) is 0 Å². The molecular formula is C52H79N3O15. The number of hydrogen-bond acceptors (Lipinski definition) is 18. The predicted molar refractivity (Wildman–Crippen MR) is 259 cm³/mol. The van der Waals surface area contributed by atoms with Crippen LogP contribution >= 0.6 is 0 Å². The van der Waals surface area contributed by atoms with E-state index in [1.54, 1.807) is 59.8 Å². The van der Waals surface area contributed by atoms with Gasteiger partial charge in [-0.2, -0.15) is 0 Å². The van der Waals surface area contributed by atoms with Gasteiger partial charge in [0.05, 0.1) is 42.4 Å². The van der Waals surface area contributed by atoms with Crippen molar-refractivity contribution in [2.45, 2.75) is 185 Å². The zero-order valence-electron chi connectivity index (χ0n) is 42.7. The van der Waals surface area contributed by atoms with Crippen LogP contribution in [0.15, 0.2) is 42.6 Å². The molecule has 0 radical (unpaired) electrons. The molecule has 0 spiro atoms. The number of ether oxygens (including phenoxy) is 8. The standard InChI is InChI=1S/C52H79N3O15/c1-11-41(58)67-40-28-43(60)66-37(18-13-16-34-20-21-38-35(27-34)17-14-23-53-38)19-15-24-55(9)30-39(57)31(3)26-36(22-25-56)48(49(40)63-10)70-51-46(61)45(54(7)8)47(32(4)65-51)69-44-29-52(6,62)50(33(5)64-44)68-42(59)12-2/h13-14,16-17,20-21,23,25,27,31-33,36-37,39-40,44-51,57,61-62H,11-12,15,18-19,22,24,26,28-30H2,1-10H3/b16-13+/t31-,32?,33?,36+,37+,39+,40-,44+,45?,46?,47-,48+,49+,50+,51+,52?/m1/s1. The molecule has 5 unspecified atom stereocenters. The molecule has 18 nitrogen and oxygen atoms in total. The quantitative estimate of drug-likeness (QED) is 0.126. The normalized spacial score (nSPS) is 35.6. The Morgan fingerprint density at radius 2 is 1.71 bits per heavy atom. The summed E-state index contributed by atoms with van der Waals surface area (Å²) >= 11 is 0. The van der Waals surface area contributed by atoms with Crippen LogP contribution in [-0.2, 0) is 57.1 Å². The molecule has 16 atom stereocenters. The molecule has 1 aromatic heterocycles. The molecule has 0 amide bonds. The molecule has 3 fully saturated rings. The van der Waals surface area contributed by atoms with E-state index in [9.17, 15) is 34.5 Å². The largest absolute Gasteiger partial charge is 0.462 e. The Hall–Kier alpha value is -3.95. The van der Waals surface area contributed by atoms with Gasteiger partial charge in [-0.25, -0.2) is 0 Å². The molecule has 0 bridgehead atoms. The number of hydrogen-bond donors (Lipinski definition) is 3. The molecule has 4 heterocycles. The van der Waals surface area contributed by atoms with Crippen LogP contribution in [0.25, 0.3) is 17.0 Å². The topological polar surface area (TPSA) is 222 Å². The van der Waals surface area contributed by atoms with Crippen LogP contribution in [0.3, 0.4) is 0 Å². The van der Waals surface area contributed by atoms with Gasteiger partial charge in [0.1, 0.15) is 42.4 Å². The maximum atomic E-state index is 14.2. The molecule has 0 saturated carbocycles. The molecule has 0 aliphatic carbocycles. The van der Waals surface area contributed by atoms with Crippen LogP contribution in [0, 0.1) is 11.8 Å². The fourth-order valence-electron chi connectivity index (χ4n) is 9.99. The minimum Gasteiger partial charge on any atom is -0.462 e. The smallest absolute Gasteiger partial charge is 0.309 e. The lowest BCUT2D eigenvalue weighted by molar-refractivity contribution is -0.344. The van der Waals surface area contributed by atoms with E-state index in [1.807, 2.05) is 61.4 Å². The van der Waals surface area contributed by atoms with Crippen molar-refractivity contribution in [3.63, 3.8) is 0 Å². The second-order valence-corrected chi connectivity index (χ2v) is 19.8. The Bertz CT molecular complexity index is 2020. The summed E-state index contributed by atoms with van der Waals surface area (Å²) in [5, 5.41) is 36.3. The summed E-state index contributed by atoms with van der Waals surface area (Å²) in [4.78, 5) is 60.3. The summed E-state index contributed by atoms with van der Waals surface area (Å²) in [7, 11) is 6.83. The first-order chi connectivity index (χ1) is 33.3. The van der Waals surface area contributed by atoms with Gasteiger partial charge in [-0.05, 0) is 103 Å². The minimum absolute atomic E-state index is 0.0163. The second kappa shape index (κ2) is 26.7. The molecule has 70 heavy (non-hydrogen) atoms. The van der Waals surface area contributed by atoms with E-state index < -0.39 is 116 Å². The van der Waals surface area contributed by atoms with Gasteiger partial charge in [0.2, 0.25) is 0 Å². The molecule has 392 valence electrons. The number of esters is 3. The lowest BCUT2D eigenvalue weighted by Gasteiger charge is -2.50. The third-order valence-corrected chi connectivity index (χ3v) is 13.8. The van der Waals surface area contributed by atoms with E-state index in [2.05, 4.69) is 4.98 Å². The Morgan fingerprint density at radius 3 is 2.39 bits per heavy atom. The second-order valence-electron chi connectivity index (χ2n) is 19.8. The lowest BCUT2D eigenvalue weighted by Crippen LogP contribution is -2.66. The van der Waals surface area contributed by atoms with E-state index in [4.69, 9.17) is 37.9 Å². The summed E-state index contributed by atoms with van der Waals surface area (Å²) in [6.45, 7) is 11.1. The molecule has 18 heteroatoms. The average Bonchev–Trinajstić information content (AvgIpc) is 3.30. The van der Waals surface area contributed by atoms with Crippen molar-refractivity contribution in [2.75, 3.05) is 41.3 Å². The number of likely N-dealkylation sites (N-methyl/N-ethyl adjacent to an activating group) is 2. The Kier molecular flexibility index (Phi) is 21.7. The van der Waals surface area contributed by atoms with Crippen LogP contribution in [0.2, 0.25) is 0 Å². The number of aldehydes is 1. The van der Waals surface area contributed by atoms with E-state index >= 15 is 0 Å². The summed E-state index contributed by atoms with van der Waals surface area (Å²) in [5.74, 6) is -2.81. The van der Waals surface area contributed by atoms with Crippen molar-refractivity contribution < 1.29 is 72.4 Å². The van der Waals surface area contributed by atoms with Gasteiger partial charge < -0.3 is 67.8 Å². The number of aliphatic hydroxyl groups is 3. The number of aromatic nitrogens is 1. The molecule has 5 rings (SSSR count). The third kappa shape index (κ3) is 15.5. The predicted octanol–water partition coefficient (Wildman–Crippen LogP) is 4.61. The van der Waals surface area contributed by atoms with Gasteiger partial charge in [0.25, 0.3) is 0 Å². The number of fused-ring (bicyclic) bond motifs is 1. The minimum atomic E-state index is -1.50. The number of cyclic esters (lactones) is 1. The van der Waals surface area contributed by atoms with Crippen LogP contribution in [0.4, 0.5) is 0 Å². The van der Waals surface area contributed by atoms with E-state index in [0.29, 0.717) is 32.4 Å². The third-order valence-electron chi connectivity index (χ3n) is 13.8. The highest BCUT2D eigenvalue weighted by Gasteiger charge is 2.53.